The van der Waals surface area contributed by atoms with Crippen molar-refractivity contribution in [3.05, 3.63) is 11.6 Å². The topological polar surface area (TPSA) is 72.2 Å². The van der Waals surface area contributed by atoms with Crippen LogP contribution in [0.15, 0.2) is 14.5 Å². The Morgan fingerprint density at radius 2 is 2.28 bits per heavy atom. The average Bonchev–Trinajstić information content (AvgIpc) is 2.69. The molecule has 1 aromatic heterocycles. The van der Waals surface area contributed by atoms with Gasteiger partial charge in [-0.3, -0.25) is 0 Å². The number of nitrogens with one attached hydrogen (secondary N) is 1. The molecule has 1 aromatic rings. The third-order valence-electron chi connectivity index (χ3n) is 2.99. The first-order chi connectivity index (χ1) is 8.41. The predicted octanol–water partition coefficient (Wildman–Crippen LogP) is 1.97. The van der Waals surface area contributed by atoms with Crippen molar-refractivity contribution in [1.29, 1.82) is 0 Å². The second-order valence-electron chi connectivity index (χ2n) is 4.52. The summed E-state index contributed by atoms with van der Waals surface area (Å²) in [5.41, 5.74) is 1.15. The number of thioether (sulfide) groups is 1. The van der Waals surface area contributed by atoms with Gasteiger partial charge in [-0.1, -0.05) is 13.8 Å². The summed E-state index contributed by atoms with van der Waals surface area (Å²) >= 11 is 3.06. The largest absolute Gasteiger partial charge is 0.316 e. The number of hydrogen-bond donors (Lipinski definition) is 2. The molecule has 0 bridgehead atoms. The number of hydrogen-bond acceptors (Lipinski definition) is 5. The van der Waals surface area contributed by atoms with Crippen LogP contribution in [-0.2, 0) is 10.0 Å². The summed E-state index contributed by atoms with van der Waals surface area (Å²) in [7, 11) is -3.57. The van der Waals surface area contributed by atoms with Crippen LogP contribution in [0.4, 0.5) is 0 Å². The first-order valence-corrected chi connectivity index (χ1v) is 9.20. The summed E-state index contributed by atoms with van der Waals surface area (Å²) < 4.78 is 24.2. The van der Waals surface area contributed by atoms with E-state index in [2.05, 4.69) is 19.2 Å². The molecule has 4 nitrogen and oxygen atoms in total. The van der Waals surface area contributed by atoms with Crippen LogP contribution in [0.25, 0.3) is 0 Å². The molecule has 18 heavy (non-hydrogen) atoms. The minimum atomic E-state index is -3.57. The lowest BCUT2D eigenvalue weighted by molar-refractivity contribution is 0.549. The minimum Gasteiger partial charge on any atom is -0.316 e. The Hall–Kier alpha value is -0.0800. The fraction of sp³-hybridized carbons (Fsp3) is 0.636. The molecule has 0 aromatic carbocycles. The summed E-state index contributed by atoms with van der Waals surface area (Å²) in [5.74, 6) is 0.392. The molecule has 2 atom stereocenters. The van der Waals surface area contributed by atoms with Gasteiger partial charge in [0.1, 0.15) is 4.21 Å². The maximum absolute atomic E-state index is 11.4. The summed E-state index contributed by atoms with van der Waals surface area (Å²) in [6.45, 7) is 6.09. The number of fused-ring (bicyclic) bond motifs is 1. The molecule has 2 rings (SSSR count). The van der Waals surface area contributed by atoms with Crippen LogP contribution in [0.2, 0.25) is 0 Å². The van der Waals surface area contributed by atoms with Crippen molar-refractivity contribution >= 4 is 33.1 Å². The van der Waals surface area contributed by atoms with E-state index in [9.17, 15) is 8.42 Å². The Labute approximate surface area is 116 Å². The quantitative estimate of drug-likeness (QED) is 0.892. The molecular weight excluding hydrogens is 288 g/mol. The summed E-state index contributed by atoms with van der Waals surface area (Å²) in [4.78, 5) is 0. The van der Waals surface area contributed by atoms with E-state index in [0.717, 1.165) is 29.3 Å². The third-order valence-corrected chi connectivity index (χ3v) is 6.94. The maximum Gasteiger partial charge on any atom is 0.247 e. The van der Waals surface area contributed by atoms with E-state index in [1.54, 1.807) is 17.8 Å². The van der Waals surface area contributed by atoms with E-state index in [-0.39, 0.29) is 4.21 Å². The van der Waals surface area contributed by atoms with Gasteiger partial charge < -0.3 is 5.32 Å². The Bertz CT molecular complexity index is 524. The highest BCUT2D eigenvalue weighted by atomic mass is 32.3. The van der Waals surface area contributed by atoms with Gasteiger partial charge in [-0.05, 0) is 30.5 Å². The van der Waals surface area contributed by atoms with Gasteiger partial charge in [0.2, 0.25) is 10.0 Å². The summed E-state index contributed by atoms with van der Waals surface area (Å²) in [5, 5.41) is 9.07. The zero-order valence-corrected chi connectivity index (χ0v) is 12.9. The Morgan fingerprint density at radius 3 is 2.89 bits per heavy atom. The lowest BCUT2D eigenvalue weighted by atomic mass is 9.96. The predicted molar refractivity (Wildman–Crippen MR) is 76.9 cm³/mol. The minimum absolute atomic E-state index is 0.288. The number of thiophene rings is 1. The molecule has 1 unspecified atom stereocenters. The van der Waals surface area contributed by atoms with Crippen LogP contribution in [-0.4, -0.2) is 26.8 Å². The van der Waals surface area contributed by atoms with Gasteiger partial charge in [0.25, 0.3) is 0 Å². The number of sulfonamides is 1. The van der Waals surface area contributed by atoms with Crippen molar-refractivity contribution in [3.8, 4) is 0 Å². The van der Waals surface area contributed by atoms with Crippen molar-refractivity contribution in [2.45, 2.75) is 39.9 Å². The molecule has 2 heterocycles. The molecule has 1 aliphatic heterocycles. The molecule has 7 heteroatoms. The van der Waals surface area contributed by atoms with Crippen LogP contribution < -0.4 is 10.5 Å². The summed E-state index contributed by atoms with van der Waals surface area (Å²) in [6.07, 6.45) is 1.07. The first-order valence-electron chi connectivity index (χ1n) is 5.95. The maximum atomic E-state index is 11.4. The zero-order valence-electron chi connectivity index (χ0n) is 10.5. The van der Waals surface area contributed by atoms with Gasteiger partial charge in [0.05, 0.1) is 4.21 Å². The van der Waals surface area contributed by atoms with Gasteiger partial charge >= 0.3 is 0 Å². The molecule has 0 radical (unpaired) electrons. The molecule has 1 aliphatic rings. The Kier molecular flexibility index (Phi) is 4.38. The highest BCUT2D eigenvalue weighted by Crippen LogP contribution is 2.46. The lowest BCUT2D eigenvalue weighted by Crippen LogP contribution is -2.25. The molecule has 0 saturated heterocycles. The smallest absolute Gasteiger partial charge is 0.247 e. The van der Waals surface area contributed by atoms with Crippen LogP contribution in [0.1, 0.15) is 31.7 Å². The van der Waals surface area contributed by atoms with Crippen molar-refractivity contribution in [3.63, 3.8) is 0 Å². The molecule has 0 fully saturated rings. The van der Waals surface area contributed by atoms with Crippen LogP contribution in [0.3, 0.4) is 0 Å². The number of likely N-dealkylation sites (N-methyl/N-ethyl adjacent to an activating group) is 1. The Morgan fingerprint density at radius 1 is 1.56 bits per heavy atom. The molecule has 102 valence electrons. The van der Waals surface area contributed by atoms with E-state index in [1.807, 2.05) is 0 Å². The highest BCUT2D eigenvalue weighted by Gasteiger charge is 2.29. The van der Waals surface area contributed by atoms with Crippen molar-refractivity contribution < 1.29 is 8.42 Å². The summed E-state index contributed by atoms with van der Waals surface area (Å²) in [6, 6.07) is 1.76. The van der Waals surface area contributed by atoms with Gasteiger partial charge in [0, 0.05) is 11.8 Å². The zero-order chi connectivity index (χ0) is 13.3. The molecule has 0 saturated carbocycles. The number of nitrogens with two attached hydrogens (primary N) is 1. The SMILES string of the molecule is CCNCC1C[C@H](C)Sc2sc(S(N)(=O)=O)cc21. The second-order valence-corrected chi connectivity index (χ2v) is 9.07. The molecule has 3 N–H and O–H groups in total. The van der Waals surface area contributed by atoms with Gasteiger partial charge in [-0.15, -0.1) is 23.1 Å². The standard InChI is InChI=1S/C11H18N2O2S3/c1-3-13-6-8-4-7(2)16-11-9(8)5-10(17-11)18(12,14)15/h5,7-8,13H,3-4,6H2,1-2H3,(H2,12,14,15)/t7-,8?/m0/s1. The van der Waals surface area contributed by atoms with E-state index in [4.69, 9.17) is 5.14 Å². The van der Waals surface area contributed by atoms with Crippen LogP contribution in [0, 0.1) is 0 Å². The molecular formula is C11H18N2O2S3. The first kappa shape index (κ1) is 14.3. The van der Waals surface area contributed by atoms with Crippen LogP contribution >= 0.6 is 23.1 Å². The molecule has 0 amide bonds. The monoisotopic (exact) mass is 306 g/mol. The van der Waals surface area contributed by atoms with Crippen molar-refractivity contribution in [2.75, 3.05) is 13.1 Å². The van der Waals surface area contributed by atoms with Gasteiger partial charge in [0.15, 0.2) is 0 Å². The van der Waals surface area contributed by atoms with Crippen molar-refractivity contribution in [2.24, 2.45) is 5.14 Å². The van der Waals surface area contributed by atoms with E-state index in [0.29, 0.717) is 11.2 Å². The van der Waals surface area contributed by atoms with E-state index >= 15 is 0 Å². The normalized spacial score (nSPS) is 23.9. The second kappa shape index (κ2) is 5.50. The van der Waals surface area contributed by atoms with Crippen LogP contribution in [0.5, 0.6) is 0 Å². The fourth-order valence-corrected chi connectivity index (χ4v) is 6.04. The van der Waals surface area contributed by atoms with E-state index < -0.39 is 10.0 Å². The van der Waals surface area contributed by atoms with Crippen molar-refractivity contribution in [1.82, 2.24) is 5.32 Å². The fourth-order valence-electron chi connectivity index (χ4n) is 2.15. The third kappa shape index (κ3) is 3.08. The highest BCUT2D eigenvalue weighted by molar-refractivity contribution is 8.02. The molecule has 0 aliphatic carbocycles. The molecule has 0 spiro atoms. The number of primary sulfonamides is 1. The number of rotatable bonds is 4. The van der Waals surface area contributed by atoms with E-state index in [1.165, 1.54) is 11.3 Å². The van der Waals surface area contributed by atoms with Gasteiger partial charge in [-0.25, -0.2) is 13.6 Å². The van der Waals surface area contributed by atoms with Gasteiger partial charge in [-0.2, -0.15) is 0 Å². The Balaban J connectivity index is 2.33. The average molecular weight is 306 g/mol. The lowest BCUT2D eigenvalue weighted by Gasteiger charge is -2.26.